The van der Waals surface area contributed by atoms with Crippen molar-refractivity contribution in [2.75, 3.05) is 6.61 Å². The fourth-order valence-corrected chi connectivity index (χ4v) is 2.41. The molecular weight excluding hydrogens is 218 g/mol. The average molecular weight is 236 g/mol. The molecule has 2 aliphatic rings. The van der Waals surface area contributed by atoms with Crippen molar-refractivity contribution in [3.05, 3.63) is 0 Å². The van der Waals surface area contributed by atoms with Crippen LogP contribution in [0.25, 0.3) is 0 Å². The third-order valence-corrected chi connectivity index (χ3v) is 3.36. The van der Waals surface area contributed by atoms with Crippen molar-refractivity contribution in [1.29, 1.82) is 0 Å². The maximum Gasteiger partial charge on any atom is 0.109 e. The van der Waals surface area contributed by atoms with Crippen molar-refractivity contribution in [2.24, 2.45) is 0 Å². The van der Waals surface area contributed by atoms with Crippen LogP contribution in [0.15, 0.2) is 0 Å². The molecule has 0 bridgehead atoms. The lowest BCUT2D eigenvalue weighted by atomic mass is 9.95. The number of hydrogen-bond acceptors (Lipinski definition) is 4. The molecule has 1 N–H and O–H groups in total. The lowest BCUT2D eigenvalue weighted by molar-refractivity contribution is -0.0738. The summed E-state index contributed by atoms with van der Waals surface area (Å²) in [6, 6.07) is -0.635. The average Bonchev–Trinajstić information content (AvgIpc) is 2.78. The van der Waals surface area contributed by atoms with Gasteiger partial charge < -0.3 is 19.3 Å². The van der Waals surface area contributed by atoms with Crippen LogP contribution < -0.4 is 0 Å². The number of rotatable bonds is 4. The van der Waals surface area contributed by atoms with Crippen molar-refractivity contribution in [2.45, 2.75) is 62.6 Å². The molecule has 0 unspecified atom stereocenters. The van der Waals surface area contributed by atoms with E-state index in [0.717, 1.165) is 6.42 Å². The summed E-state index contributed by atoms with van der Waals surface area (Å²) in [5, 5.41) is 9.67. The molecule has 0 aliphatic carbocycles. The van der Waals surface area contributed by atoms with E-state index in [1.807, 2.05) is 6.92 Å². The summed E-state index contributed by atoms with van der Waals surface area (Å²) in [7, 11) is 11.3. The van der Waals surface area contributed by atoms with Crippen LogP contribution in [0, 0.1) is 0 Å². The van der Waals surface area contributed by atoms with Crippen LogP contribution in [0.4, 0.5) is 0 Å². The first-order valence-corrected chi connectivity index (χ1v) is 6.22. The summed E-state index contributed by atoms with van der Waals surface area (Å²) in [6.45, 7) is 2.38. The van der Waals surface area contributed by atoms with Gasteiger partial charge in [-0.05, 0) is 19.3 Å². The second-order valence-electron chi connectivity index (χ2n) is 4.74. The van der Waals surface area contributed by atoms with Gasteiger partial charge in [0.2, 0.25) is 0 Å². The van der Waals surface area contributed by atoms with Crippen molar-refractivity contribution in [3.8, 4) is 0 Å². The largest absolute Gasteiger partial charge is 0.390 e. The van der Waals surface area contributed by atoms with Crippen LogP contribution >= 0.6 is 0 Å². The van der Waals surface area contributed by atoms with Crippen molar-refractivity contribution in [1.82, 2.24) is 0 Å². The molecule has 0 aromatic carbocycles. The molecule has 2 aliphatic heterocycles. The van der Waals surface area contributed by atoms with Crippen LogP contribution in [0.3, 0.4) is 0 Å². The maximum absolute atomic E-state index is 9.67. The van der Waals surface area contributed by atoms with Gasteiger partial charge >= 0.3 is 0 Å². The minimum Gasteiger partial charge on any atom is -0.390 e. The molecule has 4 radical (unpaired) electrons. The summed E-state index contributed by atoms with van der Waals surface area (Å²) < 4.78 is 16.6. The molecule has 0 aromatic heterocycles. The standard InChI is InChI=1S/C11H18B2O4/c1-2-7-8(4-11(13)16-7)15-5-9-6(14)3-10(12)17-9/h6-11,14H,2-5H2,1H3/t6-,7-,8-,9-,10-,11-/m1/s1. The number of aliphatic hydroxyl groups excluding tert-OH is 1. The Balaban J connectivity index is 1.78. The zero-order chi connectivity index (χ0) is 12.4. The lowest BCUT2D eigenvalue weighted by Crippen LogP contribution is -2.32. The van der Waals surface area contributed by atoms with Gasteiger partial charge in [0.15, 0.2) is 0 Å². The zero-order valence-corrected chi connectivity index (χ0v) is 10.1. The van der Waals surface area contributed by atoms with Crippen molar-refractivity contribution in [3.63, 3.8) is 0 Å². The Morgan fingerprint density at radius 2 is 1.82 bits per heavy atom. The van der Waals surface area contributed by atoms with Gasteiger partial charge in [0, 0.05) is 12.0 Å². The Morgan fingerprint density at radius 3 is 2.41 bits per heavy atom. The molecule has 0 aromatic rings. The SMILES string of the molecule is [B][C@H]1C[C@@H](O)[C@@H](CO[C@@H]2C[C@H]([B])O[C@@H]2CC)O1. The van der Waals surface area contributed by atoms with Gasteiger partial charge in [-0.1, -0.05) is 6.92 Å². The first-order valence-electron chi connectivity index (χ1n) is 6.22. The Morgan fingerprint density at radius 1 is 1.18 bits per heavy atom. The van der Waals surface area contributed by atoms with Crippen LogP contribution in [0.1, 0.15) is 26.2 Å². The number of ether oxygens (including phenoxy) is 3. The molecule has 92 valence electrons. The first kappa shape index (κ1) is 13.4. The van der Waals surface area contributed by atoms with Gasteiger partial charge in [0.05, 0.1) is 24.9 Å². The highest BCUT2D eigenvalue weighted by atomic mass is 16.6. The molecule has 4 nitrogen and oxygen atoms in total. The molecule has 2 rings (SSSR count). The fourth-order valence-electron chi connectivity index (χ4n) is 2.41. The van der Waals surface area contributed by atoms with E-state index in [1.54, 1.807) is 0 Å². The molecule has 2 fully saturated rings. The monoisotopic (exact) mass is 236 g/mol. The summed E-state index contributed by atoms with van der Waals surface area (Å²) >= 11 is 0. The zero-order valence-electron chi connectivity index (χ0n) is 10.1. The van der Waals surface area contributed by atoms with Crippen LogP contribution in [-0.4, -0.2) is 63.8 Å². The molecule has 6 atom stereocenters. The summed E-state index contributed by atoms with van der Waals surface area (Å²) in [4.78, 5) is 0. The van der Waals surface area contributed by atoms with E-state index in [-0.39, 0.29) is 30.3 Å². The molecule has 2 heterocycles. The third kappa shape index (κ3) is 3.25. The number of aliphatic hydroxyl groups is 1. The Hall–Kier alpha value is -0.0301. The summed E-state index contributed by atoms with van der Waals surface area (Å²) in [5.41, 5.74) is 0. The van der Waals surface area contributed by atoms with E-state index < -0.39 is 6.10 Å². The second-order valence-corrected chi connectivity index (χ2v) is 4.74. The minimum atomic E-state index is -0.541. The molecular formula is C11H18B2O4. The molecule has 0 amide bonds. The van der Waals surface area contributed by atoms with Gasteiger partial charge in [-0.25, -0.2) is 0 Å². The third-order valence-electron chi connectivity index (χ3n) is 3.36. The van der Waals surface area contributed by atoms with Crippen LogP contribution in [0.5, 0.6) is 0 Å². The van der Waals surface area contributed by atoms with E-state index in [0.29, 0.717) is 19.4 Å². The van der Waals surface area contributed by atoms with Crippen LogP contribution in [-0.2, 0) is 14.2 Å². The minimum absolute atomic E-state index is 0.0115. The lowest BCUT2D eigenvalue weighted by Gasteiger charge is -2.21. The molecule has 6 heteroatoms. The summed E-state index contributed by atoms with van der Waals surface area (Å²) in [6.07, 6.45) is 1.17. The second kappa shape index (κ2) is 5.74. The van der Waals surface area contributed by atoms with E-state index in [9.17, 15) is 5.11 Å². The molecule has 0 spiro atoms. The number of hydrogen-bond donors (Lipinski definition) is 1. The highest BCUT2D eigenvalue weighted by Crippen LogP contribution is 2.25. The predicted octanol–water partition coefficient (Wildman–Crippen LogP) is -0.291. The van der Waals surface area contributed by atoms with E-state index in [2.05, 4.69) is 0 Å². The molecule has 17 heavy (non-hydrogen) atoms. The van der Waals surface area contributed by atoms with Gasteiger partial charge in [-0.3, -0.25) is 0 Å². The topological polar surface area (TPSA) is 47.9 Å². The molecule has 2 saturated heterocycles. The quantitative estimate of drug-likeness (QED) is 0.681. The van der Waals surface area contributed by atoms with E-state index in [1.165, 1.54) is 0 Å². The highest BCUT2D eigenvalue weighted by molar-refractivity contribution is 6.11. The van der Waals surface area contributed by atoms with Crippen molar-refractivity contribution < 1.29 is 19.3 Å². The van der Waals surface area contributed by atoms with Crippen molar-refractivity contribution >= 4 is 15.7 Å². The Kier molecular flexibility index (Phi) is 4.53. The van der Waals surface area contributed by atoms with E-state index in [4.69, 9.17) is 29.9 Å². The van der Waals surface area contributed by atoms with Gasteiger partial charge in [0.1, 0.15) is 21.8 Å². The Bertz CT molecular complexity index is 254. The normalized spacial score (nSPS) is 46.5. The smallest absolute Gasteiger partial charge is 0.109 e. The Labute approximate surface area is 105 Å². The molecule has 0 saturated carbocycles. The maximum atomic E-state index is 9.67. The van der Waals surface area contributed by atoms with Crippen LogP contribution in [0.2, 0.25) is 0 Å². The fraction of sp³-hybridized carbons (Fsp3) is 1.00. The van der Waals surface area contributed by atoms with Gasteiger partial charge in [-0.15, -0.1) is 0 Å². The van der Waals surface area contributed by atoms with E-state index >= 15 is 0 Å². The summed E-state index contributed by atoms with van der Waals surface area (Å²) in [5.74, 6) is 0. The first-order chi connectivity index (χ1) is 8.10. The van der Waals surface area contributed by atoms with Gasteiger partial charge in [0.25, 0.3) is 0 Å². The predicted molar refractivity (Wildman–Crippen MR) is 64.1 cm³/mol. The van der Waals surface area contributed by atoms with Gasteiger partial charge in [-0.2, -0.15) is 0 Å². The highest BCUT2D eigenvalue weighted by Gasteiger charge is 2.35.